The van der Waals surface area contributed by atoms with E-state index in [4.69, 9.17) is 0 Å². The van der Waals surface area contributed by atoms with Crippen molar-refractivity contribution in [2.45, 2.75) is 65.3 Å². The molecule has 1 saturated carbocycles. The van der Waals surface area contributed by atoms with E-state index in [1.54, 1.807) is 0 Å². The summed E-state index contributed by atoms with van der Waals surface area (Å²) in [5, 5.41) is 3.83. The van der Waals surface area contributed by atoms with Crippen LogP contribution < -0.4 is 5.32 Å². The van der Waals surface area contributed by atoms with Crippen molar-refractivity contribution in [3.05, 3.63) is 35.9 Å². The van der Waals surface area contributed by atoms with Gasteiger partial charge < -0.3 is 5.32 Å². The van der Waals surface area contributed by atoms with Gasteiger partial charge in [-0.25, -0.2) is 0 Å². The molecule has 0 amide bonds. The maximum atomic E-state index is 3.83. The third-order valence-electron chi connectivity index (χ3n) is 5.41. The van der Waals surface area contributed by atoms with E-state index in [2.05, 4.69) is 70.3 Å². The van der Waals surface area contributed by atoms with E-state index < -0.39 is 0 Å². The molecular formula is C20H33N. The minimum absolute atomic E-state index is 0.179. The molecule has 1 aliphatic rings. The van der Waals surface area contributed by atoms with Crippen LogP contribution in [0.25, 0.3) is 0 Å². The third kappa shape index (κ3) is 3.88. The van der Waals surface area contributed by atoms with E-state index in [1.165, 1.54) is 24.8 Å². The van der Waals surface area contributed by atoms with Crippen LogP contribution in [-0.4, -0.2) is 12.6 Å². The lowest BCUT2D eigenvalue weighted by molar-refractivity contribution is 0.138. The Hall–Kier alpha value is -0.820. The molecule has 1 heteroatoms. The number of likely N-dealkylation sites (N-methyl/N-ethyl adjacent to an activating group) is 1. The Kier molecular flexibility index (Phi) is 5.48. The number of benzene rings is 1. The summed E-state index contributed by atoms with van der Waals surface area (Å²) in [4.78, 5) is 0. The maximum absolute atomic E-state index is 3.83. The van der Waals surface area contributed by atoms with Crippen molar-refractivity contribution < 1.29 is 0 Å². The van der Waals surface area contributed by atoms with Gasteiger partial charge in [0.1, 0.15) is 0 Å². The maximum Gasteiger partial charge on any atom is 0.0187 e. The molecule has 1 aliphatic carbocycles. The lowest BCUT2D eigenvalue weighted by Gasteiger charge is -2.45. The highest BCUT2D eigenvalue weighted by Gasteiger charge is 2.39. The first kappa shape index (κ1) is 16.5. The second-order valence-electron chi connectivity index (χ2n) is 7.80. The van der Waals surface area contributed by atoms with E-state index in [-0.39, 0.29) is 5.41 Å². The molecule has 1 aromatic rings. The van der Waals surface area contributed by atoms with Gasteiger partial charge in [-0.1, -0.05) is 65.0 Å². The van der Waals surface area contributed by atoms with Crippen LogP contribution in [-0.2, 0) is 5.41 Å². The number of hydrogen-bond donors (Lipinski definition) is 1. The average molecular weight is 287 g/mol. The smallest absolute Gasteiger partial charge is 0.0187 e. The van der Waals surface area contributed by atoms with Gasteiger partial charge in [-0.3, -0.25) is 0 Å². The Morgan fingerprint density at radius 3 is 2.14 bits per heavy atom. The van der Waals surface area contributed by atoms with Gasteiger partial charge in [-0.05, 0) is 49.1 Å². The summed E-state index contributed by atoms with van der Waals surface area (Å²) < 4.78 is 0. The molecule has 1 nitrogen and oxygen atoms in total. The highest BCUT2D eigenvalue weighted by molar-refractivity contribution is 5.26. The van der Waals surface area contributed by atoms with Crippen molar-refractivity contribution in [3.63, 3.8) is 0 Å². The first-order valence-corrected chi connectivity index (χ1v) is 8.74. The van der Waals surface area contributed by atoms with E-state index in [1.807, 2.05) is 0 Å². The second-order valence-corrected chi connectivity index (χ2v) is 7.80. The molecule has 0 heterocycles. The molecule has 3 atom stereocenters. The molecule has 0 saturated heterocycles. The molecule has 0 radical (unpaired) electrons. The molecule has 3 unspecified atom stereocenters. The summed E-state index contributed by atoms with van der Waals surface area (Å²) in [6.45, 7) is 13.0. The standard InChI is InChI=1S/C20H33N/c1-6-21-19(17-13-15(2)12-16(3)14-17)20(4,5)18-10-8-7-9-11-18/h7-11,15-17,19,21H,6,12-14H2,1-5H3. The lowest BCUT2D eigenvalue weighted by Crippen LogP contribution is -2.51. The van der Waals surface area contributed by atoms with Gasteiger partial charge in [-0.2, -0.15) is 0 Å². The van der Waals surface area contributed by atoms with Gasteiger partial charge in [-0.15, -0.1) is 0 Å². The van der Waals surface area contributed by atoms with Crippen LogP contribution >= 0.6 is 0 Å². The van der Waals surface area contributed by atoms with Crippen LogP contribution in [0.3, 0.4) is 0 Å². The zero-order valence-corrected chi connectivity index (χ0v) is 14.5. The minimum atomic E-state index is 0.179. The normalized spacial score (nSPS) is 28.3. The molecular weight excluding hydrogens is 254 g/mol. The van der Waals surface area contributed by atoms with Gasteiger partial charge in [0, 0.05) is 11.5 Å². The van der Waals surface area contributed by atoms with Crippen molar-refractivity contribution in [1.29, 1.82) is 0 Å². The van der Waals surface area contributed by atoms with E-state index in [0.29, 0.717) is 6.04 Å². The van der Waals surface area contributed by atoms with Gasteiger partial charge in [0.25, 0.3) is 0 Å². The molecule has 21 heavy (non-hydrogen) atoms. The summed E-state index contributed by atoms with van der Waals surface area (Å²) in [7, 11) is 0. The van der Waals surface area contributed by atoms with Crippen molar-refractivity contribution in [2.24, 2.45) is 17.8 Å². The highest BCUT2D eigenvalue weighted by atomic mass is 14.9. The van der Waals surface area contributed by atoms with Gasteiger partial charge >= 0.3 is 0 Å². The van der Waals surface area contributed by atoms with E-state index in [0.717, 1.165) is 24.3 Å². The molecule has 0 bridgehead atoms. The summed E-state index contributed by atoms with van der Waals surface area (Å²) >= 11 is 0. The molecule has 2 rings (SSSR count). The average Bonchev–Trinajstić information content (AvgIpc) is 2.44. The summed E-state index contributed by atoms with van der Waals surface area (Å²) in [5.74, 6) is 2.52. The van der Waals surface area contributed by atoms with Gasteiger partial charge in [0.15, 0.2) is 0 Å². The third-order valence-corrected chi connectivity index (χ3v) is 5.41. The molecule has 118 valence electrons. The summed E-state index contributed by atoms with van der Waals surface area (Å²) in [6, 6.07) is 11.6. The van der Waals surface area contributed by atoms with E-state index >= 15 is 0 Å². The van der Waals surface area contributed by atoms with Crippen molar-refractivity contribution >= 4 is 0 Å². The highest BCUT2D eigenvalue weighted by Crippen LogP contribution is 2.41. The monoisotopic (exact) mass is 287 g/mol. The Labute approximate surface area is 131 Å². The molecule has 1 fully saturated rings. The van der Waals surface area contributed by atoms with Crippen molar-refractivity contribution in [1.82, 2.24) is 5.32 Å². The number of nitrogens with one attached hydrogen (secondary N) is 1. The SMILES string of the molecule is CCNC(C1CC(C)CC(C)C1)C(C)(C)c1ccccc1. The first-order valence-electron chi connectivity index (χ1n) is 8.74. The fourth-order valence-corrected chi connectivity index (χ4v) is 4.56. The Morgan fingerprint density at radius 1 is 1.05 bits per heavy atom. The quantitative estimate of drug-likeness (QED) is 0.802. The summed E-state index contributed by atoms with van der Waals surface area (Å²) in [5.41, 5.74) is 1.64. The van der Waals surface area contributed by atoms with Crippen LogP contribution in [0.4, 0.5) is 0 Å². The Bertz CT molecular complexity index is 413. The van der Waals surface area contributed by atoms with Crippen LogP contribution in [0.5, 0.6) is 0 Å². The molecule has 1 aromatic carbocycles. The lowest BCUT2D eigenvalue weighted by atomic mass is 9.65. The summed E-state index contributed by atoms with van der Waals surface area (Å²) in [6.07, 6.45) is 4.15. The zero-order chi connectivity index (χ0) is 15.5. The minimum Gasteiger partial charge on any atom is -0.313 e. The largest absolute Gasteiger partial charge is 0.313 e. The second kappa shape index (κ2) is 6.96. The first-order chi connectivity index (χ1) is 9.95. The Morgan fingerprint density at radius 2 is 1.62 bits per heavy atom. The zero-order valence-electron chi connectivity index (χ0n) is 14.5. The number of rotatable bonds is 5. The molecule has 1 N–H and O–H groups in total. The van der Waals surface area contributed by atoms with Crippen LogP contribution in [0.2, 0.25) is 0 Å². The Balaban J connectivity index is 2.25. The van der Waals surface area contributed by atoms with Gasteiger partial charge in [0.05, 0.1) is 0 Å². The van der Waals surface area contributed by atoms with E-state index in [9.17, 15) is 0 Å². The predicted molar refractivity (Wildman–Crippen MR) is 92.6 cm³/mol. The van der Waals surface area contributed by atoms with Crippen molar-refractivity contribution in [2.75, 3.05) is 6.54 Å². The molecule has 0 aliphatic heterocycles. The van der Waals surface area contributed by atoms with Crippen LogP contribution in [0.1, 0.15) is 59.4 Å². The molecule has 0 spiro atoms. The molecule has 0 aromatic heterocycles. The van der Waals surface area contributed by atoms with Crippen LogP contribution in [0, 0.1) is 17.8 Å². The number of hydrogen-bond acceptors (Lipinski definition) is 1. The fraction of sp³-hybridized carbons (Fsp3) is 0.700. The van der Waals surface area contributed by atoms with Gasteiger partial charge in [0.2, 0.25) is 0 Å². The van der Waals surface area contributed by atoms with Crippen LogP contribution in [0.15, 0.2) is 30.3 Å². The fourth-order valence-electron chi connectivity index (χ4n) is 4.56. The topological polar surface area (TPSA) is 12.0 Å². The van der Waals surface area contributed by atoms with Crippen molar-refractivity contribution in [3.8, 4) is 0 Å². The predicted octanol–water partition coefficient (Wildman–Crippen LogP) is 5.01.